The zero-order chi connectivity index (χ0) is 11.4. The van der Waals surface area contributed by atoms with Crippen LogP contribution < -0.4 is 10.6 Å². The number of rotatable bonds is 6. The first-order valence-corrected chi connectivity index (χ1v) is 6.72. The van der Waals surface area contributed by atoms with Crippen molar-refractivity contribution in [1.29, 1.82) is 0 Å². The SMILES string of the molecule is CC(NCC(=O)NCC1CC1)c1ccsc1. The van der Waals surface area contributed by atoms with Gasteiger partial charge in [-0.2, -0.15) is 11.3 Å². The van der Waals surface area contributed by atoms with Crippen LogP contribution in [0.1, 0.15) is 31.4 Å². The first kappa shape index (κ1) is 11.6. The Balaban J connectivity index is 1.64. The highest BCUT2D eigenvalue weighted by atomic mass is 32.1. The van der Waals surface area contributed by atoms with E-state index in [2.05, 4.69) is 34.4 Å². The molecule has 1 unspecified atom stereocenters. The summed E-state index contributed by atoms with van der Waals surface area (Å²) in [5.74, 6) is 0.854. The Morgan fingerprint density at radius 2 is 2.44 bits per heavy atom. The van der Waals surface area contributed by atoms with Crippen LogP contribution in [0, 0.1) is 5.92 Å². The second-order valence-corrected chi connectivity index (χ2v) is 5.19. The van der Waals surface area contributed by atoms with Crippen LogP contribution in [0.2, 0.25) is 0 Å². The van der Waals surface area contributed by atoms with Gasteiger partial charge in [-0.3, -0.25) is 4.79 Å². The molecule has 1 amide bonds. The van der Waals surface area contributed by atoms with Crippen LogP contribution in [0.3, 0.4) is 0 Å². The van der Waals surface area contributed by atoms with Crippen LogP contribution in [-0.2, 0) is 4.79 Å². The number of nitrogens with one attached hydrogen (secondary N) is 2. The number of carbonyl (C=O) groups is 1. The summed E-state index contributed by atoms with van der Waals surface area (Å²) in [4.78, 5) is 11.5. The molecule has 0 bridgehead atoms. The largest absolute Gasteiger partial charge is 0.355 e. The fraction of sp³-hybridized carbons (Fsp3) is 0.583. The molecule has 0 aliphatic heterocycles. The topological polar surface area (TPSA) is 41.1 Å². The molecule has 0 radical (unpaired) electrons. The van der Waals surface area contributed by atoms with Gasteiger partial charge in [0.25, 0.3) is 0 Å². The second-order valence-electron chi connectivity index (χ2n) is 4.41. The molecule has 1 aromatic heterocycles. The van der Waals surface area contributed by atoms with Crippen molar-refractivity contribution in [2.45, 2.75) is 25.8 Å². The quantitative estimate of drug-likeness (QED) is 0.795. The van der Waals surface area contributed by atoms with Crippen LogP contribution in [0.5, 0.6) is 0 Å². The maximum absolute atomic E-state index is 11.5. The summed E-state index contributed by atoms with van der Waals surface area (Å²) in [5, 5.41) is 10.3. The number of hydrogen-bond donors (Lipinski definition) is 2. The Labute approximate surface area is 100 Å². The molecule has 4 heteroatoms. The molecule has 3 nitrogen and oxygen atoms in total. The third-order valence-electron chi connectivity index (χ3n) is 2.90. The molecule has 0 aromatic carbocycles. The molecular formula is C12H18N2OS. The highest BCUT2D eigenvalue weighted by Crippen LogP contribution is 2.27. The minimum absolute atomic E-state index is 0.106. The highest BCUT2D eigenvalue weighted by molar-refractivity contribution is 7.07. The molecule has 0 spiro atoms. The van der Waals surface area contributed by atoms with E-state index in [4.69, 9.17) is 0 Å². The van der Waals surface area contributed by atoms with E-state index in [0.29, 0.717) is 6.54 Å². The smallest absolute Gasteiger partial charge is 0.233 e. The molecule has 1 aromatic rings. The lowest BCUT2D eigenvalue weighted by Gasteiger charge is -2.12. The molecule has 88 valence electrons. The van der Waals surface area contributed by atoms with Gasteiger partial charge < -0.3 is 10.6 Å². The van der Waals surface area contributed by atoms with Gasteiger partial charge in [0.1, 0.15) is 0 Å². The predicted molar refractivity (Wildman–Crippen MR) is 66.5 cm³/mol. The molecular weight excluding hydrogens is 220 g/mol. The van der Waals surface area contributed by atoms with E-state index < -0.39 is 0 Å². The Kier molecular flexibility index (Phi) is 3.96. The van der Waals surface area contributed by atoms with Crippen molar-refractivity contribution in [3.05, 3.63) is 22.4 Å². The van der Waals surface area contributed by atoms with Gasteiger partial charge in [-0.05, 0) is 48.1 Å². The van der Waals surface area contributed by atoms with E-state index in [0.717, 1.165) is 12.5 Å². The first-order chi connectivity index (χ1) is 7.75. The number of hydrogen-bond acceptors (Lipinski definition) is 3. The molecule has 16 heavy (non-hydrogen) atoms. The van der Waals surface area contributed by atoms with E-state index in [1.165, 1.54) is 18.4 Å². The molecule has 2 N–H and O–H groups in total. The fourth-order valence-electron chi connectivity index (χ4n) is 1.53. The van der Waals surface area contributed by atoms with E-state index in [9.17, 15) is 4.79 Å². The summed E-state index contributed by atoms with van der Waals surface area (Å²) >= 11 is 1.68. The van der Waals surface area contributed by atoms with Gasteiger partial charge in [-0.1, -0.05) is 0 Å². The molecule has 0 saturated heterocycles. The highest BCUT2D eigenvalue weighted by Gasteiger charge is 2.21. The van der Waals surface area contributed by atoms with Gasteiger partial charge in [-0.25, -0.2) is 0 Å². The zero-order valence-corrected chi connectivity index (χ0v) is 10.3. The average Bonchev–Trinajstić information content (AvgIpc) is 2.95. The van der Waals surface area contributed by atoms with Crippen LogP contribution in [-0.4, -0.2) is 19.0 Å². The van der Waals surface area contributed by atoms with E-state index in [-0.39, 0.29) is 11.9 Å². The zero-order valence-electron chi connectivity index (χ0n) is 9.53. The minimum atomic E-state index is 0.106. The Hall–Kier alpha value is -0.870. The van der Waals surface area contributed by atoms with Crippen molar-refractivity contribution >= 4 is 17.2 Å². The fourth-order valence-corrected chi connectivity index (χ4v) is 2.28. The second kappa shape index (κ2) is 5.46. The van der Waals surface area contributed by atoms with Gasteiger partial charge in [0.15, 0.2) is 0 Å². The Morgan fingerprint density at radius 3 is 3.06 bits per heavy atom. The predicted octanol–water partition coefficient (Wildman–Crippen LogP) is 1.92. The average molecular weight is 238 g/mol. The molecule has 1 atom stereocenters. The van der Waals surface area contributed by atoms with Crippen molar-refractivity contribution in [2.24, 2.45) is 5.92 Å². The Morgan fingerprint density at radius 1 is 1.62 bits per heavy atom. The van der Waals surface area contributed by atoms with Gasteiger partial charge >= 0.3 is 0 Å². The first-order valence-electron chi connectivity index (χ1n) is 5.78. The van der Waals surface area contributed by atoms with Crippen LogP contribution in [0.15, 0.2) is 16.8 Å². The monoisotopic (exact) mass is 238 g/mol. The summed E-state index contributed by atoms with van der Waals surface area (Å²) in [6.07, 6.45) is 2.55. The van der Waals surface area contributed by atoms with Crippen molar-refractivity contribution in [2.75, 3.05) is 13.1 Å². The van der Waals surface area contributed by atoms with E-state index in [1.807, 2.05) is 0 Å². The summed E-state index contributed by atoms with van der Waals surface area (Å²) in [6, 6.07) is 2.34. The third-order valence-corrected chi connectivity index (χ3v) is 3.60. The standard InChI is InChI=1S/C12H18N2OS/c1-9(11-4-5-16-8-11)13-7-12(15)14-6-10-2-3-10/h4-5,8-10,13H,2-3,6-7H2,1H3,(H,14,15). The van der Waals surface area contributed by atoms with Gasteiger partial charge in [-0.15, -0.1) is 0 Å². The normalized spacial score (nSPS) is 17.1. The van der Waals surface area contributed by atoms with Gasteiger partial charge in [0.2, 0.25) is 5.91 Å². The minimum Gasteiger partial charge on any atom is -0.355 e. The molecule has 1 heterocycles. The molecule has 1 aliphatic carbocycles. The van der Waals surface area contributed by atoms with Crippen LogP contribution in [0.4, 0.5) is 0 Å². The Bertz CT molecular complexity index is 333. The summed E-state index contributed by atoms with van der Waals surface area (Å²) in [7, 11) is 0. The lowest BCUT2D eigenvalue weighted by atomic mass is 10.2. The van der Waals surface area contributed by atoms with E-state index in [1.54, 1.807) is 11.3 Å². The number of carbonyl (C=O) groups excluding carboxylic acids is 1. The summed E-state index contributed by atoms with van der Waals surface area (Å²) in [6.45, 7) is 3.34. The van der Waals surface area contributed by atoms with Crippen molar-refractivity contribution in [3.63, 3.8) is 0 Å². The van der Waals surface area contributed by atoms with Gasteiger partial charge in [0, 0.05) is 12.6 Å². The van der Waals surface area contributed by atoms with E-state index >= 15 is 0 Å². The molecule has 1 saturated carbocycles. The van der Waals surface area contributed by atoms with Crippen molar-refractivity contribution in [1.82, 2.24) is 10.6 Å². The maximum Gasteiger partial charge on any atom is 0.233 e. The third kappa shape index (κ3) is 3.61. The number of thiophene rings is 1. The van der Waals surface area contributed by atoms with Crippen LogP contribution >= 0.6 is 11.3 Å². The van der Waals surface area contributed by atoms with Crippen LogP contribution in [0.25, 0.3) is 0 Å². The lowest BCUT2D eigenvalue weighted by molar-refractivity contribution is -0.120. The van der Waals surface area contributed by atoms with Crippen molar-refractivity contribution < 1.29 is 4.79 Å². The molecule has 2 rings (SSSR count). The molecule has 1 aliphatic rings. The maximum atomic E-state index is 11.5. The number of amides is 1. The summed E-state index contributed by atoms with van der Waals surface area (Å²) in [5.41, 5.74) is 1.25. The van der Waals surface area contributed by atoms with Gasteiger partial charge in [0.05, 0.1) is 6.54 Å². The lowest BCUT2D eigenvalue weighted by Crippen LogP contribution is -2.35. The van der Waals surface area contributed by atoms with Crippen molar-refractivity contribution in [3.8, 4) is 0 Å². The molecule has 1 fully saturated rings. The summed E-state index contributed by atoms with van der Waals surface area (Å²) < 4.78 is 0.